The van der Waals surface area contributed by atoms with Gasteiger partial charge in [-0.2, -0.15) is 0 Å². The van der Waals surface area contributed by atoms with Crippen molar-refractivity contribution in [1.29, 1.82) is 0 Å². The zero-order chi connectivity index (χ0) is 46.4. The predicted molar refractivity (Wildman–Crippen MR) is 261 cm³/mol. The number of rotatable bonds is 5. The average Bonchev–Trinajstić information content (AvgIpc) is 4.28. The molecule has 0 aromatic heterocycles. The second kappa shape index (κ2) is 10.9. The van der Waals surface area contributed by atoms with Crippen LogP contribution in [0.15, 0.2) is 217 Å². The minimum Gasteiger partial charge on any atom is -0.347 e. The SMILES string of the molecule is CC1=CC2(C34C=CC(C56C=CC(C)(O5)c5ccccc56)(O3)c3ccccc34)OC1(C13OC(C45C=CC(C67C=CC(C)(O6)c6ccccc67)(O4)c4ccccc45)(C=C1C)c1ccccc13)c1ccccc12. The molecule has 12 heterocycles. The standard InChI is InChI=1S/C64H46O6/c1-39-37-61(59-35-33-57(67-59,45-21-9-11-23-47(45)59)55-31-29-53(3,65-55)41-17-5-7-19-43(41)55)49-25-13-15-27-51(49)63(39,69-61)64-40(2)38-62(70-64,50-26-14-16-28-52(50)64)60-36-34-58(68-60,46-22-10-12-24-48(46)60)56-32-30-54(4,66-56)42-18-6-8-20-44(42)56/h5-38H,1-4H3. The summed E-state index contributed by atoms with van der Waals surface area (Å²) in [6.45, 7) is 8.82. The van der Waals surface area contributed by atoms with Crippen LogP contribution in [0.2, 0.25) is 0 Å². The third kappa shape index (κ3) is 3.27. The first-order valence-electron chi connectivity index (χ1n) is 25.0. The second-order valence-electron chi connectivity index (χ2n) is 22.3. The first-order valence-corrected chi connectivity index (χ1v) is 25.0. The van der Waals surface area contributed by atoms with Crippen LogP contribution in [0.3, 0.4) is 0 Å². The third-order valence-corrected chi connectivity index (χ3v) is 19.6. The summed E-state index contributed by atoms with van der Waals surface area (Å²) in [5.74, 6) is 0. The molecule has 338 valence electrons. The molecule has 0 aliphatic carbocycles. The molecule has 0 saturated heterocycles. The molecule has 6 aromatic carbocycles. The maximum Gasteiger partial charge on any atom is 0.153 e. The number of hydrogen-bond donors (Lipinski definition) is 0. The highest BCUT2D eigenvalue weighted by molar-refractivity contribution is 5.74. The lowest BCUT2D eigenvalue weighted by Gasteiger charge is -2.46. The fourth-order valence-electron chi connectivity index (χ4n) is 17.2. The van der Waals surface area contributed by atoms with Gasteiger partial charge in [0.2, 0.25) is 0 Å². The quantitative estimate of drug-likeness (QED) is 0.161. The summed E-state index contributed by atoms with van der Waals surface area (Å²) in [6.07, 6.45) is 22.8. The molecule has 0 N–H and O–H groups in total. The summed E-state index contributed by atoms with van der Waals surface area (Å²) in [4.78, 5) is 0. The van der Waals surface area contributed by atoms with Gasteiger partial charge in [0.15, 0.2) is 56.0 Å². The summed E-state index contributed by atoms with van der Waals surface area (Å²) in [5.41, 5.74) is 3.81. The van der Waals surface area contributed by atoms with Crippen molar-refractivity contribution in [3.63, 3.8) is 0 Å². The Morgan fingerprint density at radius 1 is 0.243 bits per heavy atom. The van der Waals surface area contributed by atoms with Crippen molar-refractivity contribution in [3.05, 3.63) is 284 Å². The fraction of sp³-hybridized carbons (Fsp3) is 0.250. The highest BCUT2D eigenvalue weighted by Gasteiger charge is 2.85. The Morgan fingerprint density at radius 3 is 0.800 bits per heavy atom. The van der Waals surface area contributed by atoms with Crippen LogP contribution in [-0.2, 0) is 95.6 Å². The van der Waals surface area contributed by atoms with Gasteiger partial charge >= 0.3 is 0 Å². The van der Waals surface area contributed by atoms with Gasteiger partial charge in [-0.3, -0.25) is 0 Å². The summed E-state index contributed by atoms with van der Waals surface area (Å²) in [7, 11) is 0. The maximum absolute atomic E-state index is 8.36. The van der Waals surface area contributed by atoms with Gasteiger partial charge < -0.3 is 28.4 Å². The topological polar surface area (TPSA) is 55.4 Å². The van der Waals surface area contributed by atoms with Crippen LogP contribution in [0.1, 0.15) is 94.5 Å². The molecule has 6 aromatic rings. The monoisotopic (exact) mass is 910 g/mol. The summed E-state index contributed by atoms with van der Waals surface area (Å²) in [5, 5.41) is 0. The Kier molecular flexibility index (Phi) is 5.95. The van der Waals surface area contributed by atoms with Gasteiger partial charge in [0.25, 0.3) is 0 Å². The number of benzene rings is 6. The molecule has 12 aliphatic rings. The Bertz CT molecular complexity index is 3540. The molecule has 6 heteroatoms. The third-order valence-electron chi connectivity index (χ3n) is 19.6. The molecule has 70 heavy (non-hydrogen) atoms. The van der Waals surface area contributed by atoms with Crippen LogP contribution in [0.4, 0.5) is 0 Å². The van der Waals surface area contributed by atoms with E-state index in [0.29, 0.717) is 0 Å². The van der Waals surface area contributed by atoms with Gasteiger partial charge in [0.1, 0.15) is 11.2 Å². The molecule has 12 atom stereocenters. The van der Waals surface area contributed by atoms with Crippen molar-refractivity contribution in [2.24, 2.45) is 0 Å². The zero-order valence-corrected chi connectivity index (χ0v) is 39.1. The Balaban J connectivity index is 0.832. The molecular weight excluding hydrogens is 865 g/mol. The maximum atomic E-state index is 8.36. The molecule has 0 fully saturated rings. The van der Waals surface area contributed by atoms with Crippen LogP contribution in [0, 0.1) is 0 Å². The minimum atomic E-state index is -1.12. The normalized spacial score (nSPS) is 44.3. The van der Waals surface area contributed by atoms with E-state index in [1.807, 2.05) is 0 Å². The van der Waals surface area contributed by atoms with E-state index in [-0.39, 0.29) is 0 Å². The Labute approximate surface area is 405 Å². The van der Waals surface area contributed by atoms with Gasteiger partial charge in [-0.1, -0.05) is 146 Å². The van der Waals surface area contributed by atoms with Crippen LogP contribution < -0.4 is 0 Å². The predicted octanol–water partition coefficient (Wildman–Crippen LogP) is 12.0. The minimum absolute atomic E-state index is 0.579. The van der Waals surface area contributed by atoms with Crippen LogP contribution in [-0.4, -0.2) is 0 Å². The van der Waals surface area contributed by atoms with Gasteiger partial charge in [-0.05, 0) is 166 Å². The molecule has 12 unspecified atom stereocenters. The largest absolute Gasteiger partial charge is 0.347 e. The number of ether oxygens (including phenoxy) is 6. The van der Waals surface area contributed by atoms with E-state index < -0.39 is 67.2 Å². The lowest BCUT2D eigenvalue weighted by Crippen LogP contribution is -2.52. The lowest BCUT2D eigenvalue weighted by atomic mass is 9.59. The molecule has 0 saturated carbocycles. The van der Waals surface area contributed by atoms with E-state index in [1.165, 1.54) is 11.1 Å². The molecule has 0 amide bonds. The zero-order valence-electron chi connectivity index (χ0n) is 39.1. The van der Waals surface area contributed by atoms with E-state index in [2.05, 4.69) is 234 Å². The fourth-order valence-corrected chi connectivity index (χ4v) is 17.2. The molecule has 18 rings (SSSR count). The second-order valence-corrected chi connectivity index (χ2v) is 22.3. The van der Waals surface area contributed by atoms with E-state index in [9.17, 15) is 0 Å². The first-order chi connectivity index (χ1) is 33.9. The Morgan fingerprint density at radius 2 is 0.471 bits per heavy atom. The van der Waals surface area contributed by atoms with Crippen molar-refractivity contribution in [1.82, 2.24) is 0 Å². The number of hydrogen-bond acceptors (Lipinski definition) is 6. The van der Waals surface area contributed by atoms with Crippen molar-refractivity contribution >= 4 is 0 Å². The van der Waals surface area contributed by atoms with Gasteiger partial charge in [0.05, 0.1) is 0 Å². The summed E-state index contributed by atoms with van der Waals surface area (Å²) >= 11 is 0. The lowest BCUT2D eigenvalue weighted by molar-refractivity contribution is -0.290. The molecule has 0 spiro atoms. The van der Waals surface area contributed by atoms with Gasteiger partial charge in [-0.15, -0.1) is 0 Å². The molecular formula is C64H46O6. The molecule has 12 aliphatic heterocycles. The van der Waals surface area contributed by atoms with Crippen LogP contribution in [0.25, 0.3) is 0 Å². The molecule has 6 nitrogen and oxygen atoms in total. The van der Waals surface area contributed by atoms with Crippen molar-refractivity contribution in [3.8, 4) is 0 Å². The molecule has 0 radical (unpaired) electrons. The van der Waals surface area contributed by atoms with Gasteiger partial charge in [-0.25, -0.2) is 0 Å². The number of fused-ring (bicyclic) bond motifs is 35. The Hall–Kier alpha value is -6.48. The van der Waals surface area contributed by atoms with Crippen LogP contribution >= 0.6 is 0 Å². The highest BCUT2D eigenvalue weighted by atomic mass is 16.6. The van der Waals surface area contributed by atoms with E-state index >= 15 is 0 Å². The van der Waals surface area contributed by atoms with Crippen LogP contribution in [0.5, 0.6) is 0 Å². The van der Waals surface area contributed by atoms with E-state index in [4.69, 9.17) is 28.4 Å². The average molecular weight is 911 g/mol. The van der Waals surface area contributed by atoms with Crippen molar-refractivity contribution in [2.45, 2.75) is 94.9 Å². The molecule has 12 bridgehead atoms. The van der Waals surface area contributed by atoms with E-state index in [1.54, 1.807) is 0 Å². The summed E-state index contributed by atoms with van der Waals surface area (Å²) in [6, 6.07) is 52.4. The summed E-state index contributed by atoms with van der Waals surface area (Å²) < 4.78 is 47.5. The van der Waals surface area contributed by atoms with Crippen molar-refractivity contribution in [2.75, 3.05) is 0 Å². The highest BCUT2D eigenvalue weighted by Crippen LogP contribution is 2.82. The van der Waals surface area contributed by atoms with E-state index in [0.717, 1.165) is 66.8 Å². The van der Waals surface area contributed by atoms with Crippen molar-refractivity contribution < 1.29 is 28.4 Å². The smallest absolute Gasteiger partial charge is 0.153 e. The van der Waals surface area contributed by atoms with Gasteiger partial charge in [0, 0.05) is 0 Å². The first kappa shape index (κ1) is 38.3.